The third-order valence-electron chi connectivity index (χ3n) is 2.50. The highest BCUT2D eigenvalue weighted by atomic mass is 16.5. The summed E-state index contributed by atoms with van der Waals surface area (Å²) in [4.78, 5) is 11.2. The Morgan fingerprint density at radius 3 is 2.33 bits per heavy atom. The molecule has 0 aromatic carbocycles. The Labute approximate surface area is 94.4 Å². The number of ether oxygens (including phenoxy) is 1. The van der Waals surface area contributed by atoms with Gasteiger partial charge in [0.2, 0.25) is 0 Å². The van der Waals surface area contributed by atoms with E-state index in [4.69, 9.17) is 4.74 Å². The van der Waals surface area contributed by atoms with Crippen molar-refractivity contribution in [3.05, 3.63) is 0 Å². The SMILES string of the molecule is CCCCCCC[C@@H](C)OC(=O)CCC. The van der Waals surface area contributed by atoms with Crippen molar-refractivity contribution in [3.8, 4) is 0 Å². The molecule has 0 heterocycles. The zero-order valence-corrected chi connectivity index (χ0v) is 10.6. The van der Waals surface area contributed by atoms with Gasteiger partial charge in [0, 0.05) is 6.42 Å². The van der Waals surface area contributed by atoms with Crippen molar-refractivity contribution in [2.24, 2.45) is 0 Å². The molecule has 0 rings (SSSR count). The minimum absolute atomic E-state index is 0.0430. The van der Waals surface area contributed by atoms with Gasteiger partial charge >= 0.3 is 5.97 Å². The maximum atomic E-state index is 11.2. The van der Waals surface area contributed by atoms with Crippen molar-refractivity contribution in [2.75, 3.05) is 0 Å². The van der Waals surface area contributed by atoms with Crippen LogP contribution in [0.1, 0.15) is 72.1 Å². The first-order valence-corrected chi connectivity index (χ1v) is 6.40. The van der Waals surface area contributed by atoms with Crippen LogP contribution in [-0.2, 0) is 9.53 Å². The number of carbonyl (C=O) groups is 1. The number of rotatable bonds is 9. The van der Waals surface area contributed by atoms with Crippen LogP contribution in [0.3, 0.4) is 0 Å². The minimum atomic E-state index is -0.0430. The third-order valence-corrected chi connectivity index (χ3v) is 2.50. The van der Waals surface area contributed by atoms with Crippen molar-refractivity contribution < 1.29 is 9.53 Å². The fourth-order valence-electron chi connectivity index (χ4n) is 1.58. The van der Waals surface area contributed by atoms with Gasteiger partial charge in [0.05, 0.1) is 6.10 Å². The van der Waals surface area contributed by atoms with Gasteiger partial charge in [-0.2, -0.15) is 0 Å². The van der Waals surface area contributed by atoms with Gasteiger partial charge in [0.1, 0.15) is 0 Å². The molecule has 2 nitrogen and oxygen atoms in total. The van der Waals surface area contributed by atoms with Gasteiger partial charge in [-0.25, -0.2) is 0 Å². The highest BCUT2D eigenvalue weighted by molar-refractivity contribution is 5.69. The van der Waals surface area contributed by atoms with Crippen LogP contribution in [0.25, 0.3) is 0 Å². The molecule has 0 aliphatic rings. The van der Waals surface area contributed by atoms with E-state index in [1.165, 1.54) is 32.1 Å². The average Bonchev–Trinajstić information content (AvgIpc) is 2.17. The molecule has 0 fully saturated rings. The smallest absolute Gasteiger partial charge is 0.306 e. The van der Waals surface area contributed by atoms with Gasteiger partial charge in [0.25, 0.3) is 0 Å². The standard InChI is InChI=1S/C13H26O2/c1-4-6-7-8-9-11-12(3)15-13(14)10-5-2/h12H,4-11H2,1-3H3/t12-/m1/s1. The first-order chi connectivity index (χ1) is 7.20. The molecule has 1 atom stereocenters. The van der Waals surface area contributed by atoms with Gasteiger partial charge in [-0.15, -0.1) is 0 Å². The van der Waals surface area contributed by atoms with Crippen molar-refractivity contribution in [3.63, 3.8) is 0 Å². The summed E-state index contributed by atoms with van der Waals surface area (Å²) in [6.07, 6.45) is 8.91. The molecule has 0 aromatic heterocycles. The Balaban J connectivity index is 3.32. The summed E-state index contributed by atoms with van der Waals surface area (Å²) in [6.45, 7) is 6.21. The van der Waals surface area contributed by atoms with E-state index in [-0.39, 0.29) is 12.1 Å². The van der Waals surface area contributed by atoms with Crippen LogP contribution in [-0.4, -0.2) is 12.1 Å². The predicted octanol–water partition coefficient (Wildman–Crippen LogP) is 4.08. The Morgan fingerprint density at radius 2 is 1.73 bits per heavy atom. The summed E-state index contributed by atoms with van der Waals surface area (Å²) in [5.41, 5.74) is 0. The van der Waals surface area contributed by atoms with Crippen LogP contribution < -0.4 is 0 Å². The van der Waals surface area contributed by atoms with E-state index in [1.807, 2.05) is 13.8 Å². The van der Waals surface area contributed by atoms with Crippen LogP contribution in [0, 0.1) is 0 Å². The van der Waals surface area contributed by atoms with Crippen LogP contribution >= 0.6 is 0 Å². The molecule has 0 saturated heterocycles. The van der Waals surface area contributed by atoms with Crippen LogP contribution in [0.2, 0.25) is 0 Å². The molecule has 0 aliphatic heterocycles. The summed E-state index contributed by atoms with van der Waals surface area (Å²) in [6, 6.07) is 0. The van der Waals surface area contributed by atoms with E-state index in [0.717, 1.165) is 12.8 Å². The van der Waals surface area contributed by atoms with E-state index < -0.39 is 0 Å². The van der Waals surface area contributed by atoms with E-state index in [1.54, 1.807) is 0 Å². The van der Waals surface area contributed by atoms with Gasteiger partial charge in [-0.1, -0.05) is 39.5 Å². The molecule has 0 unspecified atom stereocenters. The van der Waals surface area contributed by atoms with Crippen LogP contribution in [0.4, 0.5) is 0 Å². The summed E-state index contributed by atoms with van der Waals surface area (Å²) < 4.78 is 5.26. The largest absolute Gasteiger partial charge is 0.463 e. The fourth-order valence-corrected chi connectivity index (χ4v) is 1.58. The van der Waals surface area contributed by atoms with Crippen molar-refractivity contribution >= 4 is 5.97 Å². The number of hydrogen-bond donors (Lipinski definition) is 0. The number of hydrogen-bond acceptors (Lipinski definition) is 2. The van der Waals surface area contributed by atoms with E-state index >= 15 is 0 Å². The first kappa shape index (κ1) is 14.5. The fraction of sp³-hybridized carbons (Fsp3) is 0.923. The zero-order valence-electron chi connectivity index (χ0n) is 10.6. The number of unbranched alkanes of at least 4 members (excludes halogenated alkanes) is 4. The summed E-state index contributed by atoms with van der Waals surface area (Å²) >= 11 is 0. The predicted molar refractivity (Wildman–Crippen MR) is 63.8 cm³/mol. The molecule has 2 heteroatoms. The van der Waals surface area contributed by atoms with E-state index in [9.17, 15) is 4.79 Å². The van der Waals surface area contributed by atoms with Gasteiger partial charge < -0.3 is 4.74 Å². The molecule has 0 N–H and O–H groups in total. The first-order valence-electron chi connectivity index (χ1n) is 6.40. The monoisotopic (exact) mass is 214 g/mol. The molecule has 0 bridgehead atoms. The van der Waals surface area contributed by atoms with Gasteiger partial charge in [-0.05, 0) is 26.2 Å². The molecule has 0 aromatic rings. The van der Waals surface area contributed by atoms with Crippen molar-refractivity contribution in [1.29, 1.82) is 0 Å². The molecule has 90 valence electrons. The molecule has 0 amide bonds. The second-order valence-electron chi connectivity index (χ2n) is 4.25. The Bertz CT molecular complexity index is 155. The number of carbonyl (C=O) groups excluding carboxylic acids is 1. The normalized spacial score (nSPS) is 12.5. The lowest BCUT2D eigenvalue weighted by Crippen LogP contribution is -2.14. The van der Waals surface area contributed by atoms with Gasteiger partial charge in [-0.3, -0.25) is 4.79 Å². The highest BCUT2D eigenvalue weighted by Gasteiger charge is 2.07. The molecule has 0 spiro atoms. The zero-order chi connectivity index (χ0) is 11.5. The summed E-state index contributed by atoms with van der Waals surface area (Å²) in [5.74, 6) is -0.0430. The Kier molecular flexibility index (Phi) is 9.65. The van der Waals surface area contributed by atoms with E-state index in [2.05, 4.69) is 6.92 Å². The summed E-state index contributed by atoms with van der Waals surface area (Å²) in [7, 11) is 0. The van der Waals surface area contributed by atoms with Crippen molar-refractivity contribution in [2.45, 2.75) is 78.2 Å². The second kappa shape index (κ2) is 10.0. The molecule has 0 saturated carbocycles. The Morgan fingerprint density at radius 1 is 1.07 bits per heavy atom. The van der Waals surface area contributed by atoms with Crippen LogP contribution in [0.15, 0.2) is 0 Å². The molecular formula is C13H26O2. The minimum Gasteiger partial charge on any atom is -0.463 e. The van der Waals surface area contributed by atoms with Gasteiger partial charge in [0.15, 0.2) is 0 Å². The molecule has 15 heavy (non-hydrogen) atoms. The highest BCUT2D eigenvalue weighted by Crippen LogP contribution is 2.09. The number of esters is 1. The average molecular weight is 214 g/mol. The topological polar surface area (TPSA) is 26.3 Å². The molecule has 0 aliphatic carbocycles. The Hall–Kier alpha value is -0.530. The third kappa shape index (κ3) is 9.77. The maximum absolute atomic E-state index is 11.2. The maximum Gasteiger partial charge on any atom is 0.306 e. The van der Waals surface area contributed by atoms with Crippen molar-refractivity contribution in [1.82, 2.24) is 0 Å². The lowest BCUT2D eigenvalue weighted by molar-refractivity contribution is -0.148. The lowest BCUT2D eigenvalue weighted by Gasteiger charge is -2.12. The molecule has 0 radical (unpaired) electrons. The molecular weight excluding hydrogens is 188 g/mol. The van der Waals surface area contributed by atoms with E-state index in [0.29, 0.717) is 6.42 Å². The second-order valence-corrected chi connectivity index (χ2v) is 4.25. The van der Waals surface area contributed by atoms with Crippen LogP contribution in [0.5, 0.6) is 0 Å². The summed E-state index contributed by atoms with van der Waals surface area (Å²) in [5, 5.41) is 0. The lowest BCUT2D eigenvalue weighted by atomic mass is 10.1. The quantitative estimate of drug-likeness (QED) is 0.427.